The van der Waals surface area contributed by atoms with Crippen LogP contribution in [-0.4, -0.2) is 13.4 Å². The van der Waals surface area contributed by atoms with E-state index in [9.17, 15) is 8.42 Å². The third kappa shape index (κ3) is 3.35. The quantitative estimate of drug-likeness (QED) is 0.758. The van der Waals surface area contributed by atoms with Gasteiger partial charge in [-0.3, -0.25) is 4.72 Å². The van der Waals surface area contributed by atoms with Gasteiger partial charge in [-0.25, -0.2) is 10.1 Å². The molecule has 0 aliphatic heterocycles. The van der Waals surface area contributed by atoms with Gasteiger partial charge in [-0.2, -0.15) is 8.42 Å². The number of halogens is 2. The molecule has 0 atom stereocenters. The van der Waals surface area contributed by atoms with E-state index in [4.69, 9.17) is 28.3 Å². The highest BCUT2D eigenvalue weighted by Gasteiger charge is 2.05. The van der Waals surface area contributed by atoms with E-state index in [2.05, 4.69) is 4.98 Å². The van der Waals surface area contributed by atoms with E-state index in [1.165, 1.54) is 12.3 Å². The number of aromatic nitrogens is 1. The number of rotatable bonds is 2. The molecule has 1 rings (SSSR count). The van der Waals surface area contributed by atoms with E-state index in [0.717, 1.165) is 0 Å². The Morgan fingerprint density at radius 2 is 2.08 bits per heavy atom. The smallest absolute Gasteiger partial charge is 0.270 e. The summed E-state index contributed by atoms with van der Waals surface area (Å²) in [5.74, 6) is 0. The summed E-state index contributed by atoms with van der Waals surface area (Å²) in [5.41, 5.74) is 0.164. The van der Waals surface area contributed by atoms with Crippen LogP contribution in [0.15, 0.2) is 12.3 Å². The average Bonchev–Trinajstić information content (AvgIpc) is 1.94. The molecule has 0 fully saturated rings. The summed E-state index contributed by atoms with van der Waals surface area (Å²) in [6, 6.07) is 1.31. The van der Waals surface area contributed by atoms with Gasteiger partial charge in [0.15, 0.2) is 0 Å². The highest BCUT2D eigenvalue weighted by Crippen LogP contribution is 2.22. The minimum atomic E-state index is -3.80. The summed E-state index contributed by atoms with van der Waals surface area (Å²) >= 11 is 11.1. The summed E-state index contributed by atoms with van der Waals surface area (Å²) in [5, 5.41) is 4.96. The predicted octanol–water partition coefficient (Wildman–Crippen LogP) is 1.00. The summed E-state index contributed by atoms with van der Waals surface area (Å²) in [6.07, 6.45) is 1.21. The summed E-state index contributed by atoms with van der Waals surface area (Å²) in [4.78, 5) is 3.61. The minimum absolute atomic E-state index is 0.0987. The van der Waals surface area contributed by atoms with E-state index < -0.39 is 10.2 Å². The minimum Gasteiger partial charge on any atom is -0.270 e. The van der Waals surface area contributed by atoms with Crippen LogP contribution in [0.25, 0.3) is 0 Å². The van der Waals surface area contributed by atoms with Crippen LogP contribution >= 0.6 is 23.2 Å². The molecule has 0 saturated heterocycles. The van der Waals surface area contributed by atoms with Crippen molar-refractivity contribution in [2.24, 2.45) is 5.14 Å². The second kappa shape index (κ2) is 3.67. The number of pyridine rings is 1. The van der Waals surface area contributed by atoms with Crippen molar-refractivity contribution in [2.75, 3.05) is 4.72 Å². The molecule has 0 aliphatic rings. The molecule has 1 aromatic heterocycles. The topological polar surface area (TPSA) is 85.1 Å². The number of hydrogen-bond acceptors (Lipinski definition) is 3. The van der Waals surface area contributed by atoms with Gasteiger partial charge < -0.3 is 0 Å². The molecule has 0 amide bonds. The first kappa shape index (κ1) is 10.5. The van der Waals surface area contributed by atoms with E-state index in [1.54, 1.807) is 0 Å². The Labute approximate surface area is 85.0 Å². The molecule has 1 heterocycles. The molecule has 13 heavy (non-hydrogen) atoms. The van der Waals surface area contributed by atoms with Crippen molar-refractivity contribution in [1.82, 2.24) is 4.98 Å². The van der Waals surface area contributed by atoms with Gasteiger partial charge >= 0.3 is 0 Å². The highest BCUT2D eigenvalue weighted by molar-refractivity contribution is 7.90. The molecule has 0 aromatic carbocycles. The van der Waals surface area contributed by atoms with Gasteiger partial charge in [0.2, 0.25) is 0 Å². The Hall–Kier alpha value is -0.560. The second-order valence-corrected chi connectivity index (χ2v) is 4.20. The molecule has 0 bridgehead atoms. The number of hydrogen-bond donors (Lipinski definition) is 2. The third-order valence-electron chi connectivity index (χ3n) is 1.06. The Kier molecular flexibility index (Phi) is 2.97. The largest absolute Gasteiger partial charge is 0.296 e. The van der Waals surface area contributed by atoms with Crippen molar-refractivity contribution >= 4 is 39.1 Å². The molecule has 0 aliphatic carbocycles. The molecule has 3 N–H and O–H groups in total. The third-order valence-corrected chi connectivity index (χ3v) is 2.26. The first-order chi connectivity index (χ1) is 5.88. The Bertz CT molecular complexity index is 420. The van der Waals surface area contributed by atoms with E-state index in [1.807, 2.05) is 4.72 Å². The highest BCUT2D eigenvalue weighted by atomic mass is 35.5. The van der Waals surface area contributed by atoms with Gasteiger partial charge in [0.25, 0.3) is 10.2 Å². The molecule has 0 unspecified atom stereocenters. The molecule has 0 saturated carbocycles. The average molecular weight is 242 g/mol. The maximum atomic E-state index is 10.6. The fourth-order valence-electron chi connectivity index (χ4n) is 0.641. The van der Waals surface area contributed by atoms with Gasteiger partial charge in [-0.1, -0.05) is 23.2 Å². The van der Waals surface area contributed by atoms with Gasteiger partial charge in [-0.05, 0) is 6.07 Å². The summed E-state index contributed by atoms with van der Waals surface area (Å²) in [6.45, 7) is 0. The van der Waals surface area contributed by atoms with Gasteiger partial charge in [0.05, 0.1) is 16.9 Å². The van der Waals surface area contributed by atoms with Crippen molar-refractivity contribution in [1.29, 1.82) is 0 Å². The van der Waals surface area contributed by atoms with Gasteiger partial charge in [0, 0.05) is 0 Å². The Morgan fingerprint density at radius 3 is 2.54 bits per heavy atom. The van der Waals surface area contributed by atoms with Crippen LogP contribution in [0.3, 0.4) is 0 Å². The first-order valence-corrected chi connectivity index (χ1v) is 5.30. The fourth-order valence-corrected chi connectivity index (χ4v) is 1.35. The lowest BCUT2D eigenvalue weighted by Gasteiger charge is -2.03. The van der Waals surface area contributed by atoms with Crippen LogP contribution in [-0.2, 0) is 10.2 Å². The van der Waals surface area contributed by atoms with Crippen LogP contribution in [0.5, 0.6) is 0 Å². The van der Waals surface area contributed by atoms with Crippen LogP contribution < -0.4 is 9.86 Å². The molecule has 1 aromatic rings. The van der Waals surface area contributed by atoms with E-state index in [-0.39, 0.29) is 15.9 Å². The normalized spacial score (nSPS) is 11.3. The maximum absolute atomic E-state index is 10.6. The molecule has 72 valence electrons. The van der Waals surface area contributed by atoms with Gasteiger partial charge in [0.1, 0.15) is 5.15 Å². The molecule has 5 nitrogen and oxygen atoms in total. The first-order valence-electron chi connectivity index (χ1n) is 3.00. The zero-order valence-electron chi connectivity index (χ0n) is 6.16. The van der Waals surface area contributed by atoms with Crippen LogP contribution in [0.1, 0.15) is 0 Å². The number of anilines is 1. The standard InChI is InChI=1S/C5H5Cl2N3O2S/c6-4-1-3(2-9-5(4)7)10-13(8,11)12/h1-2,10H,(H2,8,11,12). The van der Waals surface area contributed by atoms with Crippen molar-refractivity contribution in [3.05, 3.63) is 22.4 Å². The Morgan fingerprint density at radius 1 is 1.46 bits per heavy atom. The maximum Gasteiger partial charge on any atom is 0.296 e. The lowest BCUT2D eigenvalue weighted by Crippen LogP contribution is -2.21. The molecule has 0 radical (unpaired) electrons. The van der Waals surface area contributed by atoms with Crippen molar-refractivity contribution in [3.8, 4) is 0 Å². The van der Waals surface area contributed by atoms with E-state index in [0.29, 0.717) is 0 Å². The second-order valence-electron chi connectivity index (χ2n) is 2.14. The summed E-state index contributed by atoms with van der Waals surface area (Å²) < 4.78 is 23.1. The van der Waals surface area contributed by atoms with E-state index >= 15 is 0 Å². The number of nitrogens with zero attached hydrogens (tertiary/aromatic N) is 1. The molecule has 0 spiro atoms. The number of nitrogens with one attached hydrogen (secondary N) is 1. The number of nitrogens with two attached hydrogens (primary N) is 1. The lowest BCUT2D eigenvalue weighted by molar-refractivity contribution is 0.603. The SMILES string of the molecule is NS(=O)(=O)Nc1cnc(Cl)c(Cl)c1. The fraction of sp³-hybridized carbons (Fsp3) is 0. The van der Waals surface area contributed by atoms with Gasteiger partial charge in [-0.15, -0.1) is 0 Å². The molecular weight excluding hydrogens is 237 g/mol. The monoisotopic (exact) mass is 241 g/mol. The van der Waals surface area contributed by atoms with Crippen LogP contribution in [0.4, 0.5) is 5.69 Å². The van der Waals surface area contributed by atoms with Crippen molar-refractivity contribution in [2.45, 2.75) is 0 Å². The molecule has 8 heteroatoms. The molecular formula is C5H5Cl2N3O2S. The zero-order valence-corrected chi connectivity index (χ0v) is 8.49. The lowest BCUT2D eigenvalue weighted by atomic mass is 10.4. The summed E-state index contributed by atoms with van der Waals surface area (Å²) in [7, 11) is -3.80. The van der Waals surface area contributed by atoms with Crippen LogP contribution in [0, 0.1) is 0 Å². The Balaban J connectivity index is 2.99. The zero-order chi connectivity index (χ0) is 10.1. The predicted molar refractivity (Wildman–Crippen MR) is 51.0 cm³/mol. The van der Waals surface area contributed by atoms with Crippen molar-refractivity contribution in [3.63, 3.8) is 0 Å². The van der Waals surface area contributed by atoms with Crippen LogP contribution in [0.2, 0.25) is 10.2 Å². The van der Waals surface area contributed by atoms with Crippen molar-refractivity contribution < 1.29 is 8.42 Å².